The van der Waals surface area contributed by atoms with Crippen LogP contribution in [-0.2, 0) is 0 Å². The van der Waals surface area contributed by atoms with Gasteiger partial charge in [0.1, 0.15) is 5.15 Å². The number of ether oxygens (including phenoxy) is 2. The van der Waals surface area contributed by atoms with Crippen molar-refractivity contribution in [3.05, 3.63) is 58.0 Å². The third-order valence-electron chi connectivity index (χ3n) is 3.45. The minimum absolute atomic E-state index is 0.258. The molecule has 0 radical (unpaired) electrons. The maximum Gasteiger partial charge on any atom is 0.231 e. The highest BCUT2D eigenvalue weighted by molar-refractivity contribution is 6.35. The normalized spacial score (nSPS) is 13.1. The summed E-state index contributed by atoms with van der Waals surface area (Å²) >= 11 is 12.2. The van der Waals surface area contributed by atoms with Crippen molar-refractivity contribution >= 4 is 46.3 Å². The van der Waals surface area contributed by atoms with Gasteiger partial charge in [-0.1, -0.05) is 35.3 Å². The molecular weight excluding hydrogens is 335 g/mol. The molecule has 0 N–H and O–H groups in total. The highest BCUT2D eigenvalue weighted by atomic mass is 35.5. The second-order valence-electron chi connectivity index (χ2n) is 4.98. The molecule has 1 aliphatic rings. The molecule has 0 atom stereocenters. The Morgan fingerprint density at radius 2 is 1.78 bits per heavy atom. The molecule has 3 aromatic rings. The molecule has 0 aliphatic carbocycles. The van der Waals surface area contributed by atoms with E-state index in [1.165, 1.54) is 0 Å². The first-order valence-corrected chi connectivity index (χ1v) is 7.65. The maximum atomic E-state index is 6.21. The number of benzene rings is 2. The van der Waals surface area contributed by atoms with Gasteiger partial charge < -0.3 is 9.47 Å². The average molecular weight is 345 g/mol. The van der Waals surface area contributed by atoms with Gasteiger partial charge in [0.25, 0.3) is 0 Å². The number of aromatic nitrogens is 2. The van der Waals surface area contributed by atoms with E-state index in [0.717, 1.165) is 28.0 Å². The van der Waals surface area contributed by atoms with Crippen LogP contribution in [0.3, 0.4) is 0 Å². The van der Waals surface area contributed by atoms with Crippen molar-refractivity contribution in [1.29, 1.82) is 0 Å². The number of hydrogen-bond acceptors (Lipinski definition) is 4. The standard InChI is InChI=1S/C17H10Cl2N2O2/c18-11-3-4-13-12(8-11)17(19)21-16(20-13)6-2-10-1-5-14-15(7-10)23-9-22-14/h1-8H,9H2/b6-2+. The molecule has 0 saturated carbocycles. The van der Waals surface area contributed by atoms with Gasteiger partial charge in [-0.15, -0.1) is 0 Å². The molecule has 1 aliphatic heterocycles. The van der Waals surface area contributed by atoms with Crippen LogP contribution in [0, 0.1) is 0 Å². The van der Waals surface area contributed by atoms with Crippen LogP contribution in [0.1, 0.15) is 11.4 Å². The summed E-state index contributed by atoms with van der Waals surface area (Å²) in [4.78, 5) is 8.75. The van der Waals surface area contributed by atoms with Gasteiger partial charge in [-0.2, -0.15) is 0 Å². The fourth-order valence-electron chi connectivity index (χ4n) is 2.34. The lowest BCUT2D eigenvalue weighted by Crippen LogP contribution is -1.92. The zero-order chi connectivity index (χ0) is 15.8. The van der Waals surface area contributed by atoms with Crippen LogP contribution in [0.2, 0.25) is 10.2 Å². The Balaban J connectivity index is 1.68. The third-order valence-corrected chi connectivity index (χ3v) is 3.97. The second kappa shape index (κ2) is 5.72. The predicted molar refractivity (Wildman–Crippen MR) is 91.1 cm³/mol. The van der Waals surface area contributed by atoms with Gasteiger partial charge in [-0.25, -0.2) is 9.97 Å². The number of hydrogen-bond donors (Lipinski definition) is 0. The molecular formula is C17H10Cl2N2O2. The van der Waals surface area contributed by atoms with E-state index in [4.69, 9.17) is 32.7 Å². The van der Waals surface area contributed by atoms with Gasteiger partial charge in [-0.05, 0) is 42.0 Å². The molecule has 114 valence electrons. The molecule has 0 amide bonds. The highest BCUT2D eigenvalue weighted by Gasteiger charge is 2.12. The Kier molecular flexibility index (Phi) is 3.56. The van der Waals surface area contributed by atoms with E-state index in [2.05, 4.69) is 9.97 Å². The number of rotatable bonds is 2. The lowest BCUT2D eigenvalue weighted by atomic mass is 10.2. The van der Waals surface area contributed by atoms with Crippen molar-refractivity contribution in [3.63, 3.8) is 0 Å². The lowest BCUT2D eigenvalue weighted by molar-refractivity contribution is 0.174. The van der Waals surface area contributed by atoms with Gasteiger partial charge >= 0.3 is 0 Å². The molecule has 23 heavy (non-hydrogen) atoms. The molecule has 2 aromatic carbocycles. The van der Waals surface area contributed by atoms with Gasteiger partial charge in [0, 0.05) is 10.4 Å². The zero-order valence-electron chi connectivity index (χ0n) is 11.8. The summed E-state index contributed by atoms with van der Waals surface area (Å²) in [6, 6.07) is 11.1. The molecule has 2 heterocycles. The summed E-state index contributed by atoms with van der Waals surface area (Å²) in [5.41, 5.74) is 1.71. The van der Waals surface area contributed by atoms with Crippen molar-refractivity contribution in [2.24, 2.45) is 0 Å². The Morgan fingerprint density at radius 3 is 2.70 bits per heavy atom. The molecule has 0 saturated heterocycles. The summed E-state index contributed by atoms with van der Waals surface area (Å²) in [6.07, 6.45) is 3.70. The fraction of sp³-hybridized carbons (Fsp3) is 0.0588. The van der Waals surface area contributed by atoms with Crippen molar-refractivity contribution < 1.29 is 9.47 Å². The van der Waals surface area contributed by atoms with Gasteiger partial charge in [0.05, 0.1) is 5.52 Å². The van der Waals surface area contributed by atoms with Crippen LogP contribution in [0.5, 0.6) is 11.5 Å². The monoisotopic (exact) mass is 344 g/mol. The smallest absolute Gasteiger partial charge is 0.231 e. The molecule has 0 fully saturated rings. The topological polar surface area (TPSA) is 44.2 Å². The number of fused-ring (bicyclic) bond motifs is 2. The quantitative estimate of drug-likeness (QED) is 0.624. The van der Waals surface area contributed by atoms with E-state index >= 15 is 0 Å². The first-order chi connectivity index (χ1) is 11.2. The maximum absolute atomic E-state index is 6.21. The van der Waals surface area contributed by atoms with Crippen LogP contribution >= 0.6 is 23.2 Å². The Morgan fingerprint density at radius 1 is 0.913 bits per heavy atom. The summed E-state index contributed by atoms with van der Waals surface area (Å²) in [7, 11) is 0. The van der Waals surface area contributed by atoms with Crippen molar-refractivity contribution in [1.82, 2.24) is 9.97 Å². The molecule has 6 heteroatoms. The average Bonchev–Trinajstić information content (AvgIpc) is 3.01. The molecule has 4 nitrogen and oxygen atoms in total. The fourth-order valence-corrected chi connectivity index (χ4v) is 2.75. The van der Waals surface area contributed by atoms with E-state index in [-0.39, 0.29) is 6.79 Å². The summed E-state index contributed by atoms with van der Waals surface area (Å²) in [5, 5.41) is 1.72. The largest absolute Gasteiger partial charge is 0.454 e. The minimum atomic E-state index is 0.258. The van der Waals surface area contributed by atoms with Crippen LogP contribution < -0.4 is 9.47 Å². The summed E-state index contributed by atoms with van der Waals surface area (Å²) in [5.74, 6) is 2.02. The van der Waals surface area contributed by atoms with Crippen molar-refractivity contribution in [3.8, 4) is 11.5 Å². The molecule has 0 unspecified atom stereocenters. The first-order valence-electron chi connectivity index (χ1n) is 6.89. The van der Waals surface area contributed by atoms with E-state index in [1.54, 1.807) is 18.2 Å². The van der Waals surface area contributed by atoms with E-state index in [0.29, 0.717) is 16.0 Å². The number of nitrogens with zero attached hydrogens (tertiary/aromatic N) is 2. The zero-order valence-corrected chi connectivity index (χ0v) is 13.3. The molecule has 0 bridgehead atoms. The SMILES string of the molecule is Clc1ccc2nc(/C=C/c3ccc4c(c3)OCO4)nc(Cl)c2c1. The van der Waals surface area contributed by atoms with Gasteiger partial charge in [-0.3, -0.25) is 0 Å². The number of halogens is 2. The van der Waals surface area contributed by atoms with Gasteiger partial charge in [0.2, 0.25) is 6.79 Å². The third kappa shape index (κ3) is 2.83. The highest BCUT2D eigenvalue weighted by Crippen LogP contribution is 2.33. The molecule has 0 spiro atoms. The Bertz CT molecular complexity index is 941. The van der Waals surface area contributed by atoms with Crippen LogP contribution in [0.25, 0.3) is 23.1 Å². The summed E-state index contributed by atoms with van der Waals surface area (Å²) in [6.45, 7) is 0.258. The second-order valence-corrected chi connectivity index (χ2v) is 5.77. The van der Waals surface area contributed by atoms with Crippen molar-refractivity contribution in [2.45, 2.75) is 0 Å². The van der Waals surface area contributed by atoms with Crippen LogP contribution in [0.4, 0.5) is 0 Å². The van der Waals surface area contributed by atoms with Crippen LogP contribution in [-0.4, -0.2) is 16.8 Å². The molecule has 1 aromatic heterocycles. The first kappa shape index (κ1) is 14.3. The lowest BCUT2D eigenvalue weighted by Gasteiger charge is -2.02. The van der Waals surface area contributed by atoms with Gasteiger partial charge in [0.15, 0.2) is 17.3 Å². The van der Waals surface area contributed by atoms with E-state index in [1.807, 2.05) is 30.3 Å². The van der Waals surface area contributed by atoms with Crippen LogP contribution in [0.15, 0.2) is 36.4 Å². The van der Waals surface area contributed by atoms with E-state index < -0.39 is 0 Å². The van der Waals surface area contributed by atoms with E-state index in [9.17, 15) is 0 Å². The minimum Gasteiger partial charge on any atom is -0.454 e. The predicted octanol–water partition coefficient (Wildman–Crippen LogP) is 4.84. The Hall–Kier alpha value is -2.30. The Labute approximate surface area is 142 Å². The van der Waals surface area contributed by atoms with Crippen molar-refractivity contribution in [2.75, 3.05) is 6.79 Å². The molecule has 4 rings (SSSR count). The summed E-state index contributed by atoms with van der Waals surface area (Å²) < 4.78 is 10.6.